The van der Waals surface area contributed by atoms with Crippen LogP contribution < -0.4 is 10.2 Å². The van der Waals surface area contributed by atoms with E-state index in [1.165, 1.54) is 17.0 Å². The Labute approximate surface area is 173 Å². The molecule has 0 radical (unpaired) electrons. The summed E-state index contributed by atoms with van der Waals surface area (Å²) < 4.78 is 50.5. The van der Waals surface area contributed by atoms with E-state index in [0.717, 1.165) is 25.2 Å². The Morgan fingerprint density at radius 2 is 1.77 bits per heavy atom. The molecule has 1 aliphatic rings. The number of carbonyl (C=O) groups excluding carboxylic acids is 2. The molecule has 0 unspecified atom stereocenters. The van der Waals surface area contributed by atoms with Gasteiger partial charge in [-0.05, 0) is 12.1 Å². The average molecular weight is 446 g/mol. The molecule has 0 atom stereocenters. The first-order chi connectivity index (χ1) is 14.2. The van der Waals surface area contributed by atoms with Gasteiger partial charge in [0.25, 0.3) is 0 Å². The number of quaternary nitrogens is 1. The van der Waals surface area contributed by atoms with Gasteiger partial charge in [-0.3, -0.25) is 9.59 Å². The number of piperazine rings is 1. The number of nitrogens with one attached hydrogen (secondary N) is 2. The van der Waals surface area contributed by atoms with Crippen LogP contribution in [-0.4, -0.2) is 53.1 Å². The zero-order valence-electron chi connectivity index (χ0n) is 15.8. The van der Waals surface area contributed by atoms with Gasteiger partial charge in [-0.15, -0.1) is 10.2 Å². The second-order valence-corrected chi connectivity index (χ2v) is 7.87. The summed E-state index contributed by atoms with van der Waals surface area (Å²) in [5.41, 5.74) is 1.02. The van der Waals surface area contributed by atoms with Crippen LogP contribution in [0.2, 0.25) is 0 Å². The molecule has 2 heterocycles. The Bertz CT molecular complexity index is 879. The zero-order valence-corrected chi connectivity index (χ0v) is 16.7. The topological polar surface area (TPSA) is 79.6 Å². The minimum Gasteiger partial charge on any atom is -0.331 e. The minimum absolute atomic E-state index is 0.0376. The second-order valence-electron chi connectivity index (χ2n) is 6.89. The van der Waals surface area contributed by atoms with Gasteiger partial charge in [-0.25, -0.2) is 4.39 Å². The summed E-state index contributed by atoms with van der Waals surface area (Å²) in [6.07, 6.45) is -4.80. The van der Waals surface area contributed by atoms with Crippen molar-refractivity contribution in [1.82, 2.24) is 15.1 Å². The van der Waals surface area contributed by atoms with Gasteiger partial charge in [-0.2, -0.15) is 13.2 Å². The minimum atomic E-state index is -4.61. The van der Waals surface area contributed by atoms with E-state index in [9.17, 15) is 27.2 Å². The Balaban J connectivity index is 1.38. The predicted molar refractivity (Wildman–Crippen MR) is 100 cm³/mol. The summed E-state index contributed by atoms with van der Waals surface area (Å²) in [5.74, 6) is -1.05. The third-order valence-electron chi connectivity index (χ3n) is 4.67. The van der Waals surface area contributed by atoms with Crippen molar-refractivity contribution in [3.05, 3.63) is 40.7 Å². The summed E-state index contributed by atoms with van der Waals surface area (Å²) in [6.45, 7) is 3.30. The number of rotatable bonds is 6. The van der Waals surface area contributed by atoms with Gasteiger partial charge in [0.1, 0.15) is 12.4 Å². The lowest BCUT2D eigenvalue weighted by Crippen LogP contribution is -3.13. The first-order valence-corrected chi connectivity index (χ1v) is 10.1. The lowest BCUT2D eigenvalue weighted by Gasteiger charge is -2.32. The summed E-state index contributed by atoms with van der Waals surface area (Å²) in [7, 11) is 0. The fourth-order valence-electron chi connectivity index (χ4n) is 3.09. The number of halogens is 4. The van der Waals surface area contributed by atoms with Gasteiger partial charge in [0.2, 0.25) is 22.0 Å². The van der Waals surface area contributed by atoms with Crippen LogP contribution in [0.25, 0.3) is 0 Å². The largest absolute Gasteiger partial charge is 0.445 e. The number of hydrogen-bond acceptors (Lipinski definition) is 5. The monoisotopic (exact) mass is 446 g/mol. The standard InChI is InChI=1S/C18H19F4N5O2S/c19-13-3-1-12(2-4-13)11-26-7-9-27(10-8-26)15(29)6-5-14(28)23-17-25-24-16(30-17)18(20,21)22/h1-4H,5-11H2,(H,23,25,28)/p+1. The van der Waals surface area contributed by atoms with E-state index in [4.69, 9.17) is 0 Å². The summed E-state index contributed by atoms with van der Waals surface area (Å²) >= 11 is 0.234. The normalized spacial score (nSPS) is 15.3. The molecule has 1 aromatic heterocycles. The molecule has 12 heteroatoms. The molecule has 0 aliphatic carbocycles. The quantitative estimate of drug-likeness (QED) is 0.657. The van der Waals surface area contributed by atoms with Crippen LogP contribution >= 0.6 is 11.3 Å². The number of alkyl halides is 3. The number of benzene rings is 1. The molecule has 3 rings (SSSR count). The third kappa shape index (κ3) is 6.20. The predicted octanol–water partition coefficient (Wildman–Crippen LogP) is 1.34. The molecule has 1 aromatic carbocycles. The molecular weight excluding hydrogens is 426 g/mol. The average Bonchev–Trinajstić information content (AvgIpc) is 3.17. The Morgan fingerprint density at radius 3 is 2.37 bits per heavy atom. The van der Waals surface area contributed by atoms with E-state index in [0.29, 0.717) is 13.1 Å². The van der Waals surface area contributed by atoms with Crippen molar-refractivity contribution in [3.8, 4) is 0 Å². The van der Waals surface area contributed by atoms with Crippen molar-refractivity contribution in [2.45, 2.75) is 25.6 Å². The van der Waals surface area contributed by atoms with Crippen LogP contribution in [0.3, 0.4) is 0 Å². The highest BCUT2D eigenvalue weighted by molar-refractivity contribution is 7.15. The highest BCUT2D eigenvalue weighted by atomic mass is 32.1. The van der Waals surface area contributed by atoms with E-state index >= 15 is 0 Å². The number of amides is 2. The summed E-state index contributed by atoms with van der Waals surface area (Å²) in [6, 6.07) is 6.33. The lowest BCUT2D eigenvalue weighted by atomic mass is 10.2. The first kappa shape index (κ1) is 22.1. The van der Waals surface area contributed by atoms with Crippen molar-refractivity contribution < 1.29 is 32.1 Å². The molecule has 1 aliphatic heterocycles. The molecule has 7 nitrogen and oxygen atoms in total. The molecule has 0 bridgehead atoms. The van der Waals surface area contributed by atoms with E-state index in [1.807, 2.05) is 0 Å². The Kier molecular flexibility index (Phi) is 6.98. The molecule has 1 fully saturated rings. The SMILES string of the molecule is O=C(CCC(=O)N1CC[NH+](Cc2ccc(F)cc2)CC1)Nc1nnc(C(F)(F)F)s1. The van der Waals surface area contributed by atoms with Crippen LogP contribution in [0.15, 0.2) is 24.3 Å². The van der Waals surface area contributed by atoms with Crippen LogP contribution in [-0.2, 0) is 22.3 Å². The van der Waals surface area contributed by atoms with E-state index in [1.54, 1.807) is 17.0 Å². The molecule has 1 saturated heterocycles. The van der Waals surface area contributed by atoms with Gasteiger partial charge in [0.05, 0.1) is 26.2 Å². The molecule has 2 amide bonds. The molecule has 2 aromatic rings. The summed E-state index contributed by atoms with van der Waals surface area (Å²) in [4.78, 5) is 27.1. The van der Waals surface area contributed by atoms with Gasteiger partial charge in [0.15, 0.2) is 0 Å². The molecule has 0 saturated carbocycles. The van der Waals surface area contributed by atoms with Gasteiger partial charge in [-0.1, -0.05) is 23.5 Å². The van der Waals surface area contributed by atoms with Crippen molar-refractivity contribution in [3.63, 3.8) is 0 Å². The highest BCUT2D eigenvalue weighted by Gasteiger charge is 2.35. The van der Waals surface area contributed by atoms with Crippen molar-refractivity contribution in [1.29, 1.82) is 0 Å². The highest BCUT2D eigenvalue weighted by Crippen LogP contribution is 2.32. The van der Waals surface area contributed by atoms with Crippen molar-refractivity contribution >= 4 is 28.3 Å². The van der Waals surface area contributed by atoms with Crippen molar-refractivity contribution in [2.75, 3.05) is 31.5 Å². The van der Waals surface area contributed by atoms with Crippen LogP contribution in [0.4, 0.5) is 22.7 Å². The maximum atomic E-state index is 13.0. The second kappa shape index (κ2) is 9.47. The number of hydrogen-bond donors (Lipinski definition) is 2. The lowest BCUT2D eigenvalue weighted by molar-refractivity contribution is -0.917. The molecule has 2 N–H and O–H groups in total. The molecule has 30 heavy (non-hydrogen) atoms. The van der Waals surface area contributed by atoms with Gasteiger partial charge < -0.3 is 15.1 Å². The maximum Gasteiger partial charge on any atom is 0.445 e. The number of anilines is 1. The fourth-order valence-corrected chi connectivity index (χ4v) is 3.72. The number of aromatic nitrogens is 2. The smallest absolute Gasteiger partial charge is 0.331 e. The third-order valence-corrected chi connectivity index (χ3v) is 5.55. The Hall–Kier alpha value is -2.60. The zero-order chi connectivity index (χ0) is 21.7. The van der Waals surface area contributed by atoms with Crippen molar-refractivity contribution in [2.24, 2.45) is 0 Å². The fraction of sp³-hybridized carbons (Fsp3) is 0.444. The molecular formula is C18H20F4N5O2S+. The van der Waals surface area contributed by atoms with E-state index < -0.39 is 17.1 Å². The van der Waals surface area contributed by atoms with E-state index in [2.05, 4.69) is 15.5 Å². The van der Waals surface area contributed by atoms with Crippen LogP contribution in [0.5, 0.6) is 0 Å². The first-order valence-electron chi connectivity index (χ1n) is 9.27. The van der Waals surface area contributed by atoms with Gasteiger partial charge >= 0.3 is 6.18 Å². The van der Waals surface area contributed by atoms with Crippen LogP contribution in [0, 0.1) is 5.82 Å². The summed E-state index contributed by atoms with van der Waals surface area (Å²) in [5, 5.41) is 7.11. The maximum absolute atomic E-state index is 13.0. The number of carbonyl (C=O) groups is 2. The van der Waals surface area contributed by atoms with Crippen LogP contribution in [0.1, 0.15) is 23.4 Å². The Morgan fingerprint density at radius 1 is 1.10 bits per heavy atom. The van der Waals surface area contributed by atoms with E-state index in [-0.39, 0.29) is 41.0 Å². The number of nitrogens with zero attached hydrogens (tertiary/aromatic N) is 3. The molecule has 0 spiro atoms. The molecule has 162 valence electrons. The van der Waals surface area contributed by atoms with Gasteiger partial charge in [0, 0.05) is 18.4 Å².